The molecule has 0 saturated heterocycles. The Morgan fingerprint density at radius 1 is 0.909 bits per heavy atom. The van der Waals surface area contributed by atoms with Crippen molar-refractivity contribution in [2.45, 2.75) is 0 Å². The molecular formula is C24H15Cl2N3O4. The molecule has 0 atom stereocenters. The average Bonchev–Trinajstić information content (AvgIpc) is 2.77. The lowest BCUT2D eigenvalue weighted by atomic mass is 10.1. The van der Waals surface area contributed by atoms with Gasteiger partial charge < -0.3 is 15.7 Å². The van der Waals surface area contributed by atoms with Gasteiger partial charge in [-0.25, -0.2) is 4.79 Å². The second kappa shape index (κ2) is 10.5. The summed E-state index contributed by atoms with van der Waals surface area (Å²) in [6.45, 7) is 0. The van der Waals surface area contributed by atoms with E-state index < -0.39 is 17.8 Å². The van der Waals surface area contributed by atoms with Crippen LogP contribution in [0.1, 0.15) is 26.3 Å². The van der Waals surface area contributed by atoms with Gasteiger partial charge in [0.25, 0.3) is 11.8 Å². The summed E-state index contributed by atoms with van der Waals surface area (Å²) < 4.78 is 0. The van der Waals surface area contributed by atoms with Gasteiger partial charge >= 0.3 is 5.97 Å². The van der Waals surface area contributed by atoms with Gasteiger partial charge in [-0.05, 0) is 54.1 Å². The summed E-state index contributed by atoms with van der Waals surface area (Å²) in [5.74, 6) is -2.44. The summed E-state index contributed by atoms with van der Waals surface area (Å²) in [7, 11) is 0. The number of para-hydroxylation sites is 1. The quantitative estimate of drug-likeness (QED) is 0.319. The number of carbonyl (C=O) groups is 3. The maximum Gasteiger partial charge on any atom is 0.337 e. The molecule has 0 radical (unpaired) electrons. The number of hydrogen-bond acceptors (Lipinski definition) is 4. The van der Waals surface area contributed by atoms with Crippen LogP contribution in [0.3, 0.4) is 0 Å². The maximum absolute atomic E-state index is 12.5. The fourth-order valence-corrected chi connectivity index (χ4v) is 3.36. The van der Waals surface area contributed by atoms with Crippen LogP contribution in [-0.4, -0.2) is 22.9 Å². The highest BCUT2D eigenvalue weighted by molar-refractivity contribution is 6.37. The highest BCUT2D eigenvalue weighted by Gasteiger charge is 2.15. The van der Waals surface area contributed by atoms with Gasteiger partial charge in [-0.3, -0.25) is 9.59 Å². The average molecular weight is 480 g/mol. The number of aromatic carboxylic acids is 1. The number of benzene rings is 3. The Morgan fingerprint density at radius 3 is 2.36 bits per heavy atom. The van der Waals surface area contributed by atoms with Crippen molar-refractivity contribution in [3.05, 3.63) is 99.0 Å². The number of hydrogen-bond donors (Lipinski definition) is 3. The normalized spacial score (nSPS) is 10.8. The Hall–Kier alpha value is -4.12. The number of nitrogens with zero attached hydrogens (tertiary/aromatic N) is 1. The Morgan fingerprint density at radius 2 is 1.67 bits per heavy atom. The standard InChI is InChI=1S/C24H15Cl2N3O4/c25-16-8-9-18(20(26)12-16)23(31)28-17-5-3-4-14(11-17)10-15(13-27)22(30)29-21-7-2-1-6-19(21)24(32)33/h1-12H,(H,28,31)(H,29,30)(H,32,33)/b15-10+. The van der Waals surface area contributed by atoms with Gasteiger partial charge in [-0.15, -0.1) is 0 Å². The van der Waals surface area contributed by atoms with Crippen LogP contribution in [0.2, 0.25) is 10.0 Å². The van der Waals surface area contributed by atoms with Gasteiger partial charge in [0.15, 0.2) is 0 Å². The molecule has 0 unspecified atom stereocenters. The molecule has 3 aromatic carbocycles. The minimum absolute atomic E-state index is 0.0667. The van der Waals surface area contributed by atoms with E-state index in [9.17, 15) is 24.8 Å². The lowest BCUT2D eigenvalue weighted by Crippen LogP contribution is -2.16. The number of carboxylic acids is 1. The van der Waals surface area contributed by atoms with E-state index in [1.807, 2.05) is 0 Å². The summed E-state index contributed by atoms with van der Waals surface area (Å²) in [5.41, 5.74) is 0.822. The van der Waals surface area contributed by atoms with E-state index in [1.54, 1.807) is 42.5 Å². The SMILES string of the molecule is N#C/C(=C\c1cccc(NC(=O)c2ccc(Cl)cc2Cl)c1)C(=O)Nc1ccccc1C(=O)O. The third-order valence-electron chi connectivity index (χ3n) is 4.40. The third kappa shape index (κ3) is 5.98. The molecule has 0 aliphatic heterocycles. The molecule has 0 aliphatic carbocycles. The molecule has 33 heavy (non-hydrogen) atoms. The molecule has 3 N–H and O–H groups in total. The lowest BCUT2D eigenvalue weighted by Gasteiger charge is -2.09. The van der Waals surface area contributed by atoms with Crippen molar-refractivity contribution in [3.63, 3.8) is 0 Å². The van der Waals surface area contributed by atoms with E-state index >= 15 is 0 Å². The number of rotatable bonds is 6. The maximum atomic E-state index is 12.5. The molecule has 0 bridgehead atoms. The third-order valence-corrected chi connectivity index (χ3v) is 4.95. The van der Waals surface area contributed by atoms with Crippen LogP contribution >= 0.6 is 23.2 Å². The summed E-state index contributed by atoms with van der Waals surface area (Å²) in [6, 6.07) is 18.6. The van der Waals surface area contributed by atoms with Crippen molar-refractivity contribution < 1.29 is 19.5 Å². The van der Waals surface area contributed by atoms with Crippen molar-refractivity contribution >= 4 is 58.4 Å². The molecule has 0 aliphatic rings. The Kier molecular flexibility index (Phi) is 7.46. The number of amides is 2. The van der Waals surface area contributed by atoms with E-state index in [4.69, 9.17) is 23.2 Å². The molecule has 3 rings (SSSR count). The molecular weight excluding hydrogens is 465 g/mol. The number of nitriles is 1. The van der Waals surface area contributed by atoms with E-state index in [0.29, 0.717) is 16.3 Å². The summed E-state index contributed by atoms with van der Waals surface area (Å²) in [6.07, 6.45) is 1.32. The molecule has 2 amide bonds. The zero-order valence-corrected chi connectivity index (χ0v) is 18.3. The van der Waals surface area contributed by atoms with Crippen LogP contribution in [0.4, 0.5) is 11.4 Å². The molecule has 0 saturated carbocycles. The van der Waals surface area contributed by atoms with Gasteiger partial charge in [0.1, 0.15) is 11.6 Å². The van der Waals surface area contributed by atoms with Crippen molar-refractivity contribution in [3.8, 4) is 6.07 Å². The highest BCUT2D eigenvalue weighted by Crippen LogP contribution is 2.23. The second-order valence-electron chi connectivity index (χ2n) is 6.68. The molecule has 3 aromatic rings. The predicted octanol–water partition coefficient (Wildman–Crippen LogP) is 5.49. The Balaban J connectivity index is 1.80. The second-order valence-corrected chi connectivity index (χ2v) is 7.52. The first kappa shape index (κ1) is 23.5. The fraction of sp³-hybridized carbons (Fsp3) is 0. The smallest absolute Gasteiger partial charge is 0.337 e. The summed E-state index contributed by atoms with van der Waals surface area (Å²) in [5, 5.41) is 24.4. The van der Waals surface area contributed by atoms with Crippen molar-refractivity contribution in [1.82, 2.24) is 0 Å². The van der Waals surface area contributed by atoms with Crippen LogP contribution in [0.5, 0.6) is 0 Å². The number of anilines is 2. The van der Waals surface area contributed by atoms with Gasteiger partial charge in [0.05, 0.1) is 21.8 Å². The molecule has 164 valence electrons. The highest BCUT2D eigenvalue weighted by atomic mass is 35.5. The topological polar surface area (TPSA) is 119 Å². The monoisotopic (exact) mass is 479 g/mol. The minimum atomic E-state index is -1.21. The number of carbonyl (C=O) groups excluding carboxylic acids is 2. The lowest BCUT2D eigenvalue weighted by molar-refractivity contribution is -0.112. The van der Waals surface area contributed by atoms with E-state index in [1.165, 1.54) is 36.4 Å². The van der Waals surface area contributed by atoms with Crippen molar-refractivity contribution in [2.24, 2.45) is 0 Å². The zero-order chi connectivity index (χ0) is 24.0. The van der Waals surface area contributed by atoms with Gasteiger partial charge in [-0.2, -0.15) is 5.26 Å². The molecule has 9 heteroatoms. The van der Waals surface area contributed by atoms with Crippen LogP contribution in [-0.2, 0) is 4.79 Å². The summed E-state index contributed by atoms with van der Waals surface area (Å²) in [4.78, 5) is 36.4. The van der Waals surface area contributed by atoms with E-state index in [0.717, 1.165) is 0 Å². The van der Waals surface area contributed by atoms with E-state index in [-0.39, 0.29) is 27.4 Å². The first-order valence-corrected chi connectivity index (χ1v) is 10.2. The minimum Gasteiger partial charge on any atom is -0.478 e. The van der Waals surface area contributed by atoms with Gasteiger partial charge in [0, 0.05) is 10.7 Å². The molecule has 0 aromatic heterocycles. The zero-order valence-electron chi connectivity index (χ0n) is 16.8. The van der Waals surface area contributed by atoms with Crippen molar-refractivity contribution in [2.75, 3.05) is 10.6 Å². The first-order chi connectivity index (χ1) is 15.8. The molecule has 7 nitrogen and oxygen atoms in total. The molecule has 0 heterocycles. The number of carboxylic acid groups (broad SMARTS) is 1. The molecule has 0 fully saturated rings. The van der Waals surface area contributed by atoms with Gasteiger partial charge in [-0.1, -0.05) is 47.5 Å². The van der Waals surface area contributed by atoms with Crippen molar-refractivity contribution in [1.29, 1.82) is 5.26 Å². The van der Waals surface area contributed by atoms with E-state index in [2.05, 4.69) is 10.6 Å². The predicted molar refractivity (Wildman–Crippen MR) is 126 cm³/mol. The van der Waals surface area contributed by atoms with Crippen LogP contribution in [0.15, 0.2) is 72.3 Å². The Bertz CT molecular complexity index is 1330. The molecule has 0 spiro atoms. The fourth-order valence-electron chi connectivity index (χ4n) is 2.86. The Labute approximate surface area is 198 Å². The number of nitrogens with one attached hydrogen (secondary N) is 2. The van der Waals surface area contributed by atoms with Crippen LogP contribution in [0.25, 0.3) is 6.08 Å². The van der Waals surface area contributed by atoms with Gasteiger partial charge in [0.2, 0.25) is 0 Å². The largest absolute Gasteiger partial charge is 0.478 e. The first-order valence-electron chi connectivity index (χ1n) is 9.40. The van der Waals surface area contributed by atoms with Crippen LogP contribution < -0.4 is 10.6 Å². The van der Waals surface area contributed by atoms with Crippen LogP contribution in [0, 0.1) is 11.3 Å². The summed E-state index contributed by atoms with van der Waals surface area (Å²) >= 11 is 11.9. The number of halogens is 2.